The van der Waals surface area contributed by atoms with Gasteiger partial charge in [-0.2, -0.15) is 0 Å². The van der Waals surface area contributed by atoms with Crippen molar-refractivity contribution in [1.29, 1.82) is 0 Å². The first-order valence-corrected chi connectivity index (χ1v) is 15.4. The smallest absolute Gasteiger partial charge is 0.412 e. The second-order valence-electron chi connectivity index (χ2n) is 11.7. The SMILES string of the molecule is CCN(CC)C(=O)C1CCCN(C2CCN(C(=O)c3cc(-c4ccccc4)sc3NC(=O)OC(C)(C)C)CC2)C1. The molecule has 1 unspecified atom stereocenters. The van der Waals surface area contributed by atoms with Crippen molar-refractivity contribution in [1.82, 2.24) is 14.7 Å². The monoisotopic (exact) mass is 568 g/mol. The van der Waals surface area contributed by atoms with Crippen molar-refractivity contribution in [3.63, 3.8) is 0 Å². The minimum absolute atomic E-state index is 0.0667. The van der Waals surface area contributed by atoms with E-state index in [1.54, 1.807) is 0 Å². The van der Waals surface area contributed by atoms with E-state index in [-0.39, 0.29) is 17.7 Å². The third-order valence-electron chi connectivity index (χ3n) is 7.78. The van der Waals surface area contributed by atoms with Crippen LogP contribution in [0.4, 0.5) is 9.80 Å². The Labute approximate surface area is 242 Å². The number of likely N-dealkylation sites (tertiary alicyclic amines) is 2. The number of hydrogen-bond acceptors (Lipinski definition) is 6. The van der Waals surface area contributed by atoms with Gasteiger partial charge in [0.15, 0.2) is 0 Å². The van der Waals surface area contributed by atoms with E-state index >= 15 is 0 Å². The molecule has 1 aromatic heterocycles. The molecule has 2 saturated heterocycles. The highest BCUT2D eigenvalue weighted by molar-refractivity contribution is 7.20. The standard InChI is InChI=1S/C31H44N4O4S/c1-6-33(7-2)28(36)23-14-11-17-35(21-23)24-15-18-34(19-16-24)29(37)25-20-26(22-12-9-8-10-13-22)40-27(25)32-30(38)39-31(3,4)5/h8-10,12-13,20,23-24H,6-7,11,14-19,21H2,1-5H3,(H,32,38). The van der Waals surface area contributed by atoms with Gasteiger partial charge in [-0.05, 0) is 78.5 Å². The van der Waals surface area contributed by atoms with Gasteiger partial charge in [0.2, 0.25) is 5.91 Å². The molecule has 2 aliphatic heterocycles. The van der Waals surface area contributed by atoms with Crippen molar-refractivity contribution in [2.24, 2.45) is 5.92 Å². The molecule has 3 amide bonds. The Balaban J connectivity index is 1.43. The van der Waals surface area contributed by atoms with Crippen molar-refractivity contribution in [3.05, 3.63) is 42.0 Å². The lowest BCUT2D eigenvalue weighted by Gasteiger charge is -2.42. The molecule has 0 saturated carbocycles. The summed E-state index contributed by atoms with van der Waals surface area (Å²) >= 11 is 1.39. The van der Waals surface area contributed by atoms with E-state index in [0.29, 0.717) is 29.7 Å². The Morgan fingerprint density at radius 2 is 1.70 bits per heavy atom. The van der Waals surface area contributed by atoms with Crippen molar-refractivity contribution in [2.75, 3.05) is 44.6 Å². The first-order valence-electron chi connectivity index (χ1n) is 14.6. The van der Waals surface area contributed by atoms with Crippen molar-refractivity contribution in [3.8, 4) is 10.4 Å². The van der Waals surface area contributed by atoms with Crippen molar-refractivity contribution < 1.29 is 19.1 Å². The van der Waals surface area contributed by atoms with Gasteiger partial charge in [-0.1, -0.05) is 30.3 Å². The predicted octanol–water partition coefficient (Wildman–Crippen LogP) is 5.95. The van der Waals surface area contributed by atoms with Crippen LogP contribution in [0.5, 0.6) is 0 Å². The number of anilines is 1. The molecule has 4 rings (SSSR count). The van der Waals surface area contributed by atoms with Gasteiger partial charge in [0.05, 0.1) is 11.5 Å². The van der Waals surface area contributed by atoms with Crippen LogP contribution in [0.25, 0.3) is 10.4 Å². The fraction of sp³-hybridized carbons (Fsp3) is 0.581. The summed E-state index contributed by atoms with van der Waals surface area (Å²) in [6.45, 7) is 14.2. The van der Waals surface area contributed by atoms with E-state index < -0.39 is 11.7 Å². The molecule has 1 atom stereocenters. The minimum Gasteiger partial charge on any atom is -0.444 e. The molecule has 0 aliphatic carbocycles. The molecule has 1 aromatic carbocycles. The van der Waals surface area contributed by atoms with Gasteiger partial charge in [0, 0.05) is 43.6 Å². The molecule has 0 spiro atoms. The molecule has 40 heavy (non-hydrogen) atoms. The number of rotatable bonds is 7. The van der Waals surface area contributed by atoms with E-state index in [4.69, 9.17) is 4.74 Å². The molecule has 0 radical (unpaired) electrons. The molecule has 8 nitrogen and oxygen atoms in total. The summed E-state index contributed by atoms with van der Waals surface area (Å²) in [6.07, 6.45) is 3.18. The summed E-state index contributed by atoms with van der Waals surface area (Å²) in [6, 6.07) is 12.1. The minimum atomic E-state index is -0.640. The zero-order chi connectivity index (χ0) is 28.9. The van der Waals surface area contributed by atoms with Crippen LogP contribution in [0.2, 0.25) is 0 Å². The van der Waals surface area contributed by atoms with Crippen LogP contribution in [-0.4, -0.2) is 83.5 Å². The number of nitrogens with one attached hydrogen (secondary N) is 1. The summed E-state index contributed by atoms with van der Waals surface area (Å²) in [5.74, 6) is 0.271. The third-order valence-corrected chi connectivity index (χ3v) is 8.88. The van der Waals surface area contributed by atoms with E-state index in [9.17, 15) is 14.4 Å². The van der Waals surface area contributed by atoms with Crippen LogP contribution in [0.3, 0.4) is 0 Å². The number of carbonyl (C=O) groups excluding carboxylic acids is 3. The highest BCUT2D eigenvalue weighted by atomic mass is 32.1. The summed E-state index contributed by atoms with van der Waals surface area (Å²) in [5, 5.41) is 3.35. The van der Waals surface area contributed by atoms with Crippen molar-refractivity contribution >= 4 is 34.2 Å². The lowest BCUT2D eigenvalue weighted by Crippen LogP contribution is -2.52. The van der Waals surface area contributed by atoms with Crippen LogP contribution >= 0.6 is 11.3 Å². The Kier molecular flexibility index (Phi) is 9.90. The molecular weight excluding hydrogens is 524 g/mol. The normalized spacial score (nSPS) is 18.8. The summed E-state index contributed by atoms with van der Waals surface area (Å²) in [7, 11) is 0. The molecule has 9 heteroatoms. The van der Waals surface area contributed by atoms with E-state index in [1.807, 2.05) is 80.8 Å². The Morgan fingerprint density at radius 3 is 2.33 bits per heavy atom. The highest BCUT2D eigenvalue weighted by Crippen LogP contribution is 2.37. The van der Waals surface area contributed by atoms with Gasteiger partial charge in [0.25, 0.3) is 5.91 Å². The van der Waals surface area contributed by atoms with E-state index in [0.717, 1.165) is 62.3 Å². The number of nitrogens with zero attached hydrogens (tertiary/aromatic N) is 3. The van der Waals surface area contributed by atoms with Crippen molar-refractivity contribution in [2.45, 2.75) is 71.9 Å². The molecule has 0 bridgehead atoms. The second-order valence-corrected chi connectivity index (χ2v) is 12.8. The summed E-state index contributed by atoms with van der Waals surface area (Å²) in [5.41, 5.74) is 0.853. The number of ether oxygens (including phenoxy) is 1. The van der Waals surface area contributed by atoms with Gasteiger partial charge in [-0.3, -0.25) is 19.8 Å². The Bertz CT molecular complexity index is 1160. The zero-order valence-electron chi connectivity index (χ0n) is 24.6. The van der Waals surface area contributed by atoms with Gasteiger partial charge in [-0.25, -0.2) is 4.79 Å². The first-order chi connectivity index (χ1) is 19.1. The molecule has 218 valence electrons. The quantitative estimate of drug-likeness (QED) is 0.447. The molecule has 3 heterocycles. The van der Waals surface area contributed by atoms with Crippen LogP contribution in [0, 0.1) is 5.92 Å². The fourth-order valence-corrected chi connectivity index (χ4v) is 6.76. The molecule has 2 fully saturated rings. The van der Waals surface area contributed by atoms with Gasteiger partial charge in [-0.15, -0.1) is 11.3 Å². The van der Waals surface area contributed by atoms with Gasteiger partial charge in [0.1, 0.15) is 10.6 Å². The number of hydrogen-bond donors (Lipinski definition) is 1. The van der Waals surface area contributed by atoms with Gasteiger partial charge >= 0.3 is 6.09 Å². The van der Waals surface area contributed by atoms with Crippen LogP contribution in [0.15, 0.2) is 36.4 Å². The number of benzene rings is 1. The predicted molar refractivity (Wildman–Crippen MR) is 161 cm³/mol. The second kappa shape index (κ2) is 13.2. The summed E-state index contributed by atoms with van der Waals surface area (Å²) < 4.78 is 5.47. The van der Waals surface area contributed by atoms with E-state index in [1.165, 1.54) is 11.3 Å². The lowest BCUT2D eigenvalue weighted by molar-refractivity contribution is -0.137. The fourth-order valence-electron chi connectivity index (χ4n) is 5.72. The number of amides is 3. The number of carbonyl (C=O) groups is 3. The lowest BCUT2D eigenvalue weighted by atomic mass is 9.92. The number of piperidine rings is 2. The van der Waals surface area contributed by atoms with Gasteiger partial charge < -0.3 is 14.5 Å². The molecule has 2 aromatic rings. The molecule has 2 aliphatic rings. The maximum Gasteiger partial charge on any atom is 0.412 e. The average molecular weight is 569 g/mol. The topological polar surface area (TPSA) is 82.2 Å². The first kappa shape index (κ1) is 30.1. The van der Waals surface area contributed by atoms with Crippen LogP contribution in [-0.2, 0) is 9.53 Å². The maximum absolute atomic E-state index is 13.8. The molecule has 1 N–H and O–H groups in total. The largest absolute Gasteiger partial charge is 0.444 e. The average Bonchev–Trinajstić information content (AvgIpc) is 3.36. The van der Waals surface area contributed by atoms with Crippen LogP contribution in [0.1, 0.15) is 70.7 Å². The molecular formula is C31H44N4O4S. The summed E-state index contributed by atoms with van der Waals surface area (Å²) in [4.78, 5) is 46.6. The third kappa shape index (κ3) is 7.43. The Morgan fingerprint density at radius 1 is 1.02 bits per heavy atom. The zero-order valence-corrected chi connectivity index (χ0v) is 25.4. The number of thiophene rings is 1. The maximum atomic E-state index is 13.8. The van der Waals surface area contributed by atoms with E-state index in [2.05, 4.69) is 10.2 Å². The Hall–Kier alpha value is -2.91. The van der Waals surface area contributed by atoms with Crippen LogP contribution < -0.4 is 5.32 Å². The highest BCUT2D eigenvalue weighted by Gasteiger charge is 2.34.